The number of allylic oxidation sites excluding steroid dienone is 6. The van der Waals surface area contributed by atoms with Crippen molar-refractivity contribution in [3.8, 4) is 0 Å². The molecule has 2 heteroatoms. The summed E-state index contributed by atoms with van der Waals surface area (Å²) in [6.07, 6.45) is 9.87. The Morgan fingerprint density at radius 3 is 2.05 bits per heavy atom. The van der Waals surface area contributed by atoms with Crippen molar-refractivity contribution >= 4 is 0 Å². The molecule has 0 amide bonds. The smallest absolute Gasteiger partial charge is 0.105 e. The van der Waals surface area contributed by atoms with Crippen LogP contribution in [-0.2, 0) is 0 Å². The van der Waals surface area contributed by atoms with Crippen LogP contribution in [0.15, 0.2) is 48.6 Å². The van der Waals surface area contributed by atoms with Gasteiger partial charge in [-0.2, -0.15) is 0 Å². The van der Waals surface area contributed by atoms with Gasteiger partial charge in [-0.05, 0) is 72.3 Å². The third-order valence-electron chi connectivity index (χ3n) is 2.42. The van der Waals surface area contributed by atoms with E-state index in [1.807, 2.05) is 57.3 Å². The maximum absolute atomic E-state index is 13.4. The first kappa shape index (κ1) is 21.2. The van der Waals surface area contributed by atoms with Crippen molar-refractivity contribution in [2.24, 2.45) is 0 Å². The topological polar surface area (TPSA) is 3.24 Å². The predicted molar refractivity (Wildman–Crippen MR) is 90.9 cm³/mol. The van der Waals surface area contributed by atoms with Gasteiger partial charge in [0, 0.05) is 0 Å². The van der Waals surface area contributed by atoms with Gasteiger partial charge in [0.25, 0.3) is 0 Å². The average molecular weight is 281 g/mol. The van der Waals surface area contributed by atoms with Crippen molar-refractivity contribution in [2.75, 3.05) is 21.1 Å². The van der Waals surface area contributed by atoms with Crippen molar-refractivity contribution in [2.45, 2.75) is 45.7 Å². The molecule has 0 aromatic carbocycles. The van der Waals surface area contributed by atoms with E-state index in [0.717, 1.165) is 24.0 Å². The second kappa shape index (κ2) is 11.7. The molecule has 0 bridgehead atoms. The Kier molecular flexibility index (Phi) is 12.3. The van der Waals surface area contributed by atoms with Crippen molar-refractivity contribution in [1.29, 1.82) is 0 Å². The Hall–Kier alpha value is -1.15. The molecular weight excluding hydrogens is 249 g/mol. The van der Waals surface area contributed by atoms with Crippen LogP contribution in [0.2, 0.25) is 0 Å². The molecule has 0 saturated carbocycles. The number of alkyl halides is 1. The zero-order chi connectivity index (χ0) is 16.2. The number of hydrogen-bond acceptors (Lipinski definition) is 1. The molecule has 0 atom stereocenters. The highest BCUT2D eigenvalue weighted by atomic mass is 19.1. The van der Waals surface area contributed by atoms with Gasteiger partial charge < -0.3 is 4.90 Å². The lowest BCUT2D eigenvalue weighted by molar-refractivity contribution is 0.202. The van der Waals surface area contributed by atoms with E-state index in [2.05, 4.69) is 13.2 Å². The van der Waals surface area contributed by atoms with Crippen LogP contribution in [0.25, 0.3) is 0 Å². The molecule has 0 radical (unpaired) electrons. The highest BCUT2D eigenvalue weighted by Gasteiger charge is 2.15. The zero-order valence-electron chi connectivity index (χ0n) is 14.2. The number of halogens is 1. The van der Waals surface area contributed by atoms with E-state index in [1.165, 1.54) is 0 Å². The Morgan fingerprint density at radius 1 is 1.20 bits per heavy atom. The van der Waals surface area contributed by atoms with Gasteiger partial charge in [0.1, 0.15) is 5.67 Å². The standard InChI is InChI=1S/C15H23F.C3H9N/c1-6-8-9-10-14(13(3)7-2)11-12-15(4,5)16;1-4(2)3/h6-7,9-10H,1-2,8,11-12H2,3-5H3;1-3H3/b10-9-,14-13+;. The first-order valence-corrected chi connectivity index (χ1v) is 7.03. The van der Waals surface area contributed by atoms with Crippen LogP contribution in [0.3, 0.4) is 0 Å². The largest absolute Gasteiger partial charge is 0.312 e. The molecule has 0 fully saturated rings. The van der Waals surface area contributed by atoms with Crippen LogP contribution in [0.4, 0.5) is 4.39 Å². The lowest BCUT2D eigenvalue weighted by Crippen LogP contribution is -2.11. The fraction of sp³-hybridized carbons (Fsp3) is 0.556. The quantitative estimate of drug-likeness (QED) is 0.450. The molecule has 1 nitrogen and oxygen atoms in total. The average Bonchev–Trinajstić information content (AvgIpc) is 2.30. The maximum atomic E-state index is 13.4. The minimum Gasteiger partial charge on any atom is -0.312 e. The van der Waals surface area contributed by atoms with Crippen molar-refractivity contribution in [1.82, 2.24) is 4.90 Å². The highest BCUT2D eigenvalue weighted by Crippen LogP contribution is 2.22. The monoisotopic (exact) mass is 281 g/mol. The summed E-state index contributed by atoms with van der Waals surface area (Å²) in [5.74, 6) is 0. The molecule has 0 aliphatic heterocycles. The van der Waals surface area contributed by atoms with Crippen LogP contribution < -0.4 is 0 Å². The fourth-order valence-electron chi connectivity index (χ4n) is 1.28. The number of rotatable bonds is 7. The van der Waals surface area contributed by atoms with E-state index in [1.54, 1.807) is 13.8 Å². The third-order valence-corrected chi connectivity index (χ3v) is 2.42. The summed E-state index contributed by atoms with van der Waals surface area (Å²) in [7, 11) is 6.00. The van der Waals surface area contributed by atoms with Gasteiger partial charge in [0.05, 0.1) is 0 Å². The first-order chi connectivity index (χ1) is 9.14. The molecule has 0 aliphatic rings. The highest BCUT2D eigenvalue weighted by molar-refractivity contribution is 5.31. The van der Waals surface area contributed by atoms with Crippen LogP contribution in [-0.4, -0.2) is 31.7 Å². The van der Waals surface area contributed by atoms with Gasteiger partial charge in [-0.15, -0.1) is 6.58 Å². The summed E-state index contributed by atoms with van der Waals surface area (Å²) >= 11 is 0. The minimum atomic E-state index is -1.11. The Labute approximate surface area is 125 Å². The second-order valence-corrected chi connectivity index (χ2v) is 5.90. The zero-order valence-corrected chi connectivity index (χ0v) is 14.2. The SMILES string of the molecule is C=CC/C=C\C(CCC(C)(C)F)=C(\C)C=C.CN(C)C. The van der Waals surface area contributed by atoms with Gasteiger partial charge in [0.15, 0.2) is 0 Å². The van der Waals surface area contributed by atoms with Gasteiger partial charge in [0.2, 0.25) is 0 Å². The first-order valence-electron chi connectivity index (χ1n) is 7.03. The molecule has 0 heterocycles. The van der Waals surface area contributed by atoms with Crippen LogP contribution >= 0.6 is 0 Å². The van der Waals surface area contributed by atoms with E-state index in [-0.39, 0.29) is 0 Å². The van der Waals surface area contributed by atoms with Crippen LogP contribution in [0.1, 0.15) is 40.0 Å². The van der Waals surface area contributed by atoms with E-state index >= 15 is 0 Å². The third kappa shape index (κ3) is 16.9. The molecule has 0 aromatic heterocycles. The molecule has 0 unspecified atom stereocenters. The second-order valence-electron chi connectivity index (χ2n) is 5.90. The van der Waals surface area contributed by atoms with Gasteiger partial charge in [-0.1, -0.05) is 30.9 Å². The summed E-state index contributed by atoms with van der Waals surface area (Å²) in [4.78, 5) is 2.00. The Bertz CT molecular complexity index is 327. The summed E-state index contributed by atoms with van der Waals surface area (Å²) in [5, 5.41) is 0. The number of hydrogen-bond donors (Lipinski definition) is 0. The lowest BCUT2D eigenvalue weighted by atomic mass is 9.97. The number of nitrogens with zero attached hydrogens (tertiary/aromatic N) is 1. The maximum Gasteiger partial charge on any atom is 0.105 e. The lowest BCUT2D eigenvalue weighted by Gasteiger charge is -2.14. The molecule has 0 rings (SSSR count). The Morgan fingerprint density at radius 2 is 1.70 bits per heavy atom. The summed E-state index contributed by atoms with van der Waals surface area (Å²) < 4.78 is 13.4. The van der Waals surface area contributed by atoms with E-state index in [9.17, 15) is 4.39 Å². The van der Waals surface area contributed by atoms with Crippen molar-refractivity contribution < 1.29 is 4.39 Å². The van der Waals surface area contributed by atoms with Crippen LogP contribution in [0, 0.1) is 0 Å². The van der Waals surface area contributed by atoms with Crippen molar-refractivity contribution in [3.05, 3.63) is 48.6 Å². The molecule has 116 valence electrons. The molecular formula is C18H32FN. The fourth-order valence-corrected chi connectivity index (χ4v) is 1.28. The molecule has 0 spiro atoms. The van der Waals surface area contributed by atoms with E-state index in [0.29, 0.717) is 6.42 Å². The summed E-state index contributed by atoms with van der Waals surface area (Å²) in [6.45, 7) is 12.6. The predicted octanol–water partition coefficient (Wildman–Crippen LogP) is 5.33. The molecule has 20 heavy (non-hydrogen) atoms. The van der Waals surface area contributed by atoms with Gasteiger partial charge in [-0.3, -0.25) is 0 Å². The summed E-state index contributed by atoms with van der Waals surface area (Å²) in [5.41, 5.74) is 1.16. The van der Waals surface area contributed by atoms with Crippen molar-refractivity contribution in [3.63, 3.8) is 0 Å². The molecule has 0 N–H and O–H groups in total. The molecule has 0 saturated heterocycles. The summed E-state index contributed by atoms with van der Waals surface area (Å²) in [6, 6.07) is 0. The molecule has 0 aliphatic carbocycles. The normalized spacial score (nSPS) is 12.8. The molecule has 0 aromatic rings. The van der Waals surface area contributed by atoms with E-state index in [4.69, 9.17) is 0 Å². The van der Waals surface area contributed by atoms with Gasteiger partial charge in [-0.25, -0.2) is 4.39 Å². The van der Waals surface area contributed by atoms with Gasteiger partial charge >= 0.3 is 0 Å². The van der Waals surface area contributed by atoms with E-state index < -0.39 is 5.67 Å². The van der Waals surface area contributed by atoms with Crippen LogP contribution in [0.5, 0.6) is 0 Å². The Balaban J connectivity index is 0. The minimum absolute atomic E-state index is 0.534.